The SMILES string of the molecule is O=C(O)c1cc([N+](=O)[O-])cnc1Oc1ccc(I)cc1. The molecule has 0 aliphatic carbocycles. The summed E-state index contributed by atoms with van der Waals surface area (Å²) in [7, 11) is 0. The summed E-state index contributed by atoms with van der Waals surface area (Å²) in [6.45, 7) is 0. The number of hydrogen-bond acceptors (Lipinski definition) is 5. The summed E-state index contributed by atoms with van der Waals surface area (Å²) in [5, 5.41) is 19.7. The quantitative estimate of drug-likeness (QED) is 0.492. The number of halogens is 1. The van der Waals surface area contributed by atoms with Crippen LogP contribution in [0.25, 0.3) is 0 Å². The minimum absolute atomic E-state index is 0.190. The Hall–Kier alpha value is -2.23. The topological polar surface area (TPSA) is 103 Å². The number of ether oxygens (including phenoxy) is 1. The van der Waals surface area contributed by atoms with Gasteiger partial charge in [0.25, 0.3) is 5.69 Å². The van der Waals surface area contributed by atoms with E-state index in [9.17, 15) is 14.9 Å². The van der Waals surface area contributed by atoms with Gasteiger partial charge >= 0.3 is 5.97 Å². The maximum absolute atomic E-state index is 11.1. The lowest BCUT2D eigenvalue weighted by atomic mass is 10.2. The van der Waals surface area contributed by atoms with Crippen LogP contribution in [0.2, 0.25) is 0 Å². The van der Waals surface area contributed by atoms with E-state index in [1.807, 2.05) is 0 Å². The highest BCUT2D eigenvalue weighted by Crippen LogP contribution is 2.26. The van der Waals surface area contributed by atoms with Crippen LogP contribution >= 0.6 is 22.6 Å². The number of nitrogens with zero attached hydrogens (tertiary/aromatic N) is 2. The standard InChI is InChI=1S/C12H7IN2O5/c13-7-1-3-9(4-2-7)20-11-10(12(16)17)5-8(6-14-11)15(18)19/h1-6H,(H,16,17). The second kappa shape index (κ2) is 5.82. The Bertz CT molecular complexity index is 672. The molecule has 1 aromatic heterocycles. The summed E-state index contributed by atoms with van der Waals surface area (Å²) in [6.07, 6.45) is 0.953. The second-order valence-electron chi connectivity index (χ2n) is 3.66. The molecule has 8 heteroatoms. The van der Waals surface area contributed by atoms with E-state index in [0.29, 0.717) is 5.75 Å². The van der Waals surface area contributed by atoms with Crippen molar-refractivity contribution in [1.82, 2.24) is 4.98 Å². The Balaban J connectivity index is 2.38. The fourth-order valence-electron chi connectivity index (χ4n) is 1.39. The molecule has 20 heavy (non-hydrogen) atoms. The Morgan fingerprint density at radius 1 is 1.35 bits per heavy atom. The van der Waals surface area contributed by atoms with Crippen LogP contribution in [0, 0.1) is 13.7 Å². The second-order valence-corrected chi connectivity index (χ2v) is 4.91. The number of hydrogen-bond donors (Lipinski definition) is 1. The normalized spacial score (nSPS) is 10.1. The highest BCUT2D eigenvalue weighted by atomic mass is 127. The van der Waals surface area contributed by atoms with Crippen molar-refractivity contribution >= 4 is 34.2 Å². The highest BCUT2D eigenvalue weighted by Gasteiger charge is 2.19. The van der Waals surface area contributed by atoms with Crippen molar-refractivity contribution in [1.29, 1.82) is 0 Å². The fourth-order valence-corrected chi connectivity index (χ4v) is 1.75. The molecule has 0 atom stereocenters. The van der Waals surface area contributed by atoms with E-state index in [1.165, 1.54) is 0 Å². The van der Waals surface area contributed by atoms with Crippen LogP contribution in [0.3, 0.4) is 0 Å². The van der Waals surface area contributed by atoms with Crippen molar-refractivity contribution in [3.05, 3.63) is 55.8 Å². The maximum Gasteiger partial charge on any atom is 0.341 e. The lowest BCUT2D eigenvalue weighted by Crippen LogP contribution is -2.03. The lowest BCUT2D eigenvalue weighted by Gasteiger charge is -2.07. The number of benzene rings is 1. The van der Waals surface area contributed by atoms with Crippen molar-refractivity contribution in [3.63, 3.8) is 0 Å². The number of rotatable bonds is 4. The first-order valence-electron chi connectivity index (χ1n) is 5.28. The molecule has 1 heterocycles. The summed E-state index contributed by atoms with van der Waals surface area (Å²) in [5.41, 5.74) is -0.768. The number of aromatic carboxylic acids is 1. The van der Waals surface area contributed by atoms with Crippen LogP contribution in [-0.2, 0) is 0 Å². The van der Waals surface area contributed by atoms with Crippen LogP contribution < -0.4 is 4.74 Å². The van der Waals surface area contributed by atoms with Crippen molar-refractivity contribution in [2.45, 2.75) is 0 Å². The highest BCUT2D eigenvalue weighted by molar-refractivity contribution is 14.1. The number of carboxylic acids is 1. The number of carbonyl (C=O) groups is 1. The molecular formula is C12H7IN2O5. The van der Waals surface area contributed by atoms with Crippen molar-refractivity contribution in [2.24, 2.45) is 0 Å². The molecule has 1 N–H and O–H groups in total. The maximum atomic E-state index is 11.1. The molecule has 0 aliphatic rings. The zero-order valence-electron chi connectivity index (χ0n) is 9.82. The summed E-state index contributed by atoms with van der Waals surface area (Å²) < 4.78 is 6.33. The van der Waals surface area contributed by atoms with Gasteiger partial charge in [0, 0.05) is 9.64 Å². The van der Waals surface area contributed by atoms with Gasteiger partial charge in [0.2, 0.25) is 5.88 Å². The molecule has 2 rings (SSSR count). The van der Waals surface area contributed by atoms with Gasteiger partial charge in [0.05, 0.1) is 4.92 Å². The molecule has 0 aliphatic heterocycles. The number of nitro groups is 1. The molecular weight excluding hydrogens is 379 g/mol. The molecule has 0 radical (unpaired) electrons. The van der Waals surface area contributed by atoms with Crippen LogP contribution in [0.15, 0.2) is 36.5 Å². The average Bonchev–Trinajstić information content (AvgIpc) is 2.41. The summed E-state index contributed by atoms with van der Waals surface area (Å²) in [4.78, 5) is 24.7. The Kier molecular flexibility index (Phi) is 4.13. The molecule has 0 bridgehead atoms. The minimum Gasteiger partial charge on any atom is -0.477 e. The Morgan fingerprint density at radius 2 is 2.00 bits per heavy atom. The van der Waals surface area contributed by atoms with Gasteiger partial charge in [-0.05, 0) is 46.9 Å². The van der Waals surface area contributed by atoms with Gasteiger partial charge < -0.3 is 9.84 Å². The van der Waals surface area contributed by atoms with Crippen molar-refractivity contribution in [2.75, 3.05) is 0 Å². The summed E-state index contributed by atoms with van der Waals surface area (Å²) >= 11 is 2.12. The first-order chi connectivity index (χ1) is 9.47. The van der Waals surface area contributed by atoms with Crippen LogP contribution in [-0.4, -0.2) is 21.0 Å². The molecule has 0 amide bonds. The molecule has 1 aromatic carbocycles. The van der Waals surface area contributed by atoms with Crippen LogP contribution in [0.4, 0.5) is 5.69 Å². The zero-order chi connectivity index (χ0) is 14.7. The van der Waals surface area contributed by atoms with Gasteiger partial charge in [-0.2, -0.15) is 0 Å². The number of carboxylic acid groups (broad SMARTS) is 1. The largest absolute Gasteiger partial charge is 0.477 e. The predicted molar refractivity (Wildman–Crippen MR) is 77.1 cm³/mol. The fraction of sp³-hybridized carbons (Fsp3) is 0. The monoisotopic (exact) mass is 386 g/mol. The molecule has 102 valence electrons. The Morgan fingerprint density at radius 3 is 2.55 bits per heavy atom. The number of pyridine rings is 1. The minimum atomic E-state index is -1.35. The van der Waals surface area contributed by atoms with E-state index >= 15 is 0 Å². The molecule has 0 saturated carbocycles. The predicted octanol–water partition coefficient (Wildman–Crippen LogP) is 3.08. The van der Waals surface area contributed by atoms with E-state index in [4.69, 9.17) is 9.84 Å². The third kappa shape index (κ3) is 3.20. The van der Waals surface area contributed by atoms with Gasteiger partial charge in [-0.15, -0.1) is 0 Å². The van der Waals surface area contributed by atoms with Gasteiger partial charge in [-0.1, -0.05) is 0 Å². The van der Waals surface area contributed by atoms with E-state index in [0.717, 1.165) is 15.8 Å². The van der Waals surface area contributed by atoms with Crippen molar-refractivity contribution < 1.29 is 19.6 Å². The first kappa shape index (κ1) is 14.2. The van der Waals surface area contributed by atoms with Crippen LogP contribution in [0.1, 0.15) is 10.4 Å². The first-order valence-corrected chi connectivity index (χ1v) is 6.36. The molecule has 2 aromatic rings. The van der Waals surface area contributed by atoms with E-state index < -0.39 is 16.6 Å². The van der Waals surface area contributed by atoms with Gasteiger partial charge in [0.15, 0.2) is 0 Å². The van der Waals surface area contributed by atoms with Gasteiger partial charge in [-0.25, -0.2) is 9.78 Å². The molecule has 0 saturated heterocycles. The van der Waals surface area contributed by atoms with E-state index in [2.05, 4.69) is 27.6 Å². The zero-order valence-corrected chi connectivity index (χ0v) is 12.0. The number of aromatic nitrogens is 1. The molecule has 0 unspecified atom stereocenters. The molecule has 7 nitrogen and oxygen atoms in total. The molecule has 0 fully saturated rings. The van der Waals surface area contributed by atoms with Crippen molar-refractivity contribution in [3.8, 4) is 11.6 Å². The average molecular weight is 386 g/mol. The summed E-state index contributed by atoms with van der Waals surface area (Å²) in [6, 6.07) is 7.77. The third-order valence-corrected chi connectivity index (χ3v) is 3.03. The lowest BCUT2D eigenvalue weighted by molar-refractivity contribution is -0.385. The molecule has 0 spiro atoms. The smallest absolute Gasteiger partial charge is 0.341 e. The summed E-state index contributed by atoms with van der Waals surface area (Å²) in [5.74, 6) is -1.14. The van der Waals surface area contributed by atoms with Crippen LogP contribution in [0.5, 0.6) is 11.6 Å². The Labute approximate surface area is 126 Å². The van der Waals surface area contributed by atoms with E-state index in [1.54, 1.807) is 24.3 Å². The van der Waals surface area contributed by atoms with Gasteiger partial charge in [0.1, 0.15) is 17.5 Å². The van der Waals surface area contributed by atoms with Gasteiger partial charge in [-0.3, -0.25) is 10.1 Å². The third-order valence-electron chi connectivity index (χ3n) is 2.31. The van der Waals surface area contributed by atoms with E-state index in [-0.39, 0.29) is 11.4 Å².